The lowest BCUT2D eigenvalue weighted by Gasteiger charge is -2.10. The molecule has 0 saturated carbocycles. The van der Waals surface area contributed by atoms with Crippen LogP contribution in [0, 0.1) is 11.3 Å². The van der Waals surface area contributed by atoms with Gasteiger partial charge in [0.1, 0.15) is 11.6 Å². The number of carbonyl (C=O) groups is 2. The molecule has 2 aromatic carbocycles. The third-order valence-corrected chi connectivity index (χ3v) is 3.85. The Morgan fingerprint density at radius 1 is 1.19 bits per heavy atom. The molecule has 0 aliphatic heterocycles. The number of halogens is 2. The zero-order valence-corrected chi connectivity index (χ0v) is 15.7. The molecule has 0 aliphatic carbocycles. The highest BCUT2D eigenvalue weighted by Gasteiger charge is 2.14. The maximum atomic E-state index is 12.3. The van der Waals surface area contributed by atoms with Gasteiger partial charge in [-0.2, -0.15) is 5.26 Å². The van der Waals surface area contributed by atoms with Crippen LogP contribution < -0.4 is 10.1 Å². The molecule has 6 nitrogen and oxygen atoms in total. The summed E-state index contributed by atoms with van der Waals surface area (Å²) in [7, 11) is 1.23. The third-order valence-electron chi connectivity index (χ3n) is 3.29. The number of esters is 1. The van der Waals surface area contributed by atoms with Crippen molar-refractivity contribution in [2.24, 2.45) is 0 Å². The molecule has 0 spiro atoms. The summed E-state index contributed by atoms with van der Waals surface area (Å²) in [5.74, 6) is -1.05. The molecule has 0 bridgehead atoms. The van der Waals surface area contributed by atoms with Crippen LogP contribution in [-0.4, -0.2) is 25.6 Å². The number of benzene rings is 2. The molecule has 0 heterocycles. The predicted octanol–water partition coefficient (Wildman–Crippen LogP) is 4.09. The molecule has 2 rings (SSSR count). The Balaban J connectivity index is 2.22. The van der Waals surface area contributed by atoms with Crippen molar-refractivity contribution in [1.82, 2.24) is 0 Å². The van der Waals surface area contributed by atoms with Crippen LogP contribution in [0.5, 0.6) is 5.75 Å². The topological polar surface area (TPSA) is 88.4 Å². The van der Waals surface area contributed by atoms with Gasteiger partial charge in [-0.3, -0.25) is 4.79 Å². The van der Waals surface area contributed by atoms with E-state index in [2.05, 4.69) is 10.1 Å². The summed E-state index contributed by atoms with van der Waals surface area (Å²) >= 11 is 12.2. The SMILES string of the molecule is COC(=O)COc1c(Cl)cc(/C=C(/C#N)C(=O)Nc2ccccc2)cc1Cl. The number of carbonyl (C=O) groups excluding carboxylic acids is 2. The molecule has 138 valence electrons. The van der Waals surface area contributed by atoms with Gasteiger partial charge in [0.2, 0.25) is 0 Å². The zero-order valence-electron chi connectivity index (χ0n) is 14.2. The van der Waals surface area contributed by atoms with E-state index in [1.165, 1.54) is 25.3 Å². The summed E-state index contributed by atoms with van der Waals surface area (Å²) in [6, 6.07) is 13.5. The number of nitrogens with zero attached hydrogens (tertiary/aromatic N) is 1. The van der Waals surface area contributed by atoms with Crippen molar-refractivity contribution in [2.75, 3.05) is 19.0 Å². The first-order valence-corrected chi connectivity index (χ1v) is 8.37. The largest absolute Gasteiger partial charge is 0.479 e. The molecule has 0 unspecified atom stereocenters. The van der Waals surface area contributed by atoms with Gasteiger partial charge >= 0.3 is 5.97 Å². The molecule has 0 fully saturated rings. The van der Waals surface area contributed by atoms with Crippen molar-refractivity contribution in [3.05, 3.63) is 63.6 Å². The lowest BCUT2D eigenvalue weighted by atomic mass is 10.1. The van der Waals surface area contributed by atoms with E-state index < -0.39 is 11.9 Å². The highest BCUT2D eigenvalue weighted by molar-refractivity contribution is 6.37. The molecule has 27 heavy (non-hydrogen) atoms. The fourth-order valence-corrected chi connectivity index (χ4v) is 2.64. The predicted molar refractivity (Wildman–Crippen MR) is 103 cm³/mol. The Morgan fingerprint density at radius 2 is 1.81 bits per heavy atom. The van der Waals surface area contributed by atoms with Gasteiger partial charge in [-0.05, 0) is 35.9 Å². The summed E-state index contributed by atoms with van der Waals surface area (Å²) in [6.07, 6.45) is 1.35. The molecule has 1 N–H and O–H groups in total. The van der Waals surface area contributed by atoms with Crippen LogP contribution in [0.25, 0.3) is 6.08 Å². The van der Waals surface area contributed by atoms with Crippen LogP contribution in [0.1, 0.15) is 5.56 Å². The summed E-state index contributed by atoms with van der Waals surface area (Å²) in [5.41, 5.74) is 0.857. The molecule has 0 aliphatic rings. The average Bonchev–Trinajstić information content (AvgIpc) is 2.65. The monoisotopic (exact) mass is 404 g/mol. The Morgan fingerprint density at radius 3 is 2.37 bits per heavy atom. The molecular formula is C19H14Cl2N2O4. The number of nitriles is 1. The van der Waals surface area contributed by atoms with E-state index >= 15 is 0 Å². The molecular weight excluding hydrogens is 391 g/mol. The quantitative estimate of drug-likeness (QED) is 0.444. The first-order chi connectivity index (χ1) is 12.9. The first-order valence-electron chi connectivity index (χ1n) is 7.61. The van der Waals surface area contributed by atoms with Crippen molar-refractivity contribution in [2.45, 2.75) is 0 Å². The minimum absolute atomic E-state index is 0.105. The second-order valence-electron chi connectivity index (χ2n) is 5.17. The van der Waals surface area contributed by atoms with E-state index in [1.54, 1.807) is 24.3 Å². The van der Waals surface area contributed by atoms with Crippen LogP contribution in [0.4, 0.5) is 5.69 Å². The van der Waals surface area contributed by atoms with Crippen molar-refractivity contribution in [3.8, 4) is 11.8 Å². The fourth-order valence-electron chi connectivity index (χ4n) is 2.03. The lowest BCUT2D eigenvalue weighted by Crippen LogP contribution is -2.13. The van der Waals surface area contributed by atoms with Crippen molar-refractivity contribution >= 4 is 46.8 Å². The molecule has 2 aromatic rings. The van der Waals surface area contributed by atoms with Crippen molar-refractivity contribution in [1.29, 1.82) is 5.26 Å². The average molecular weight is 405 g/mol. The number of para-hydroxylation sites is 1. The zero-order chi connectivity index (χ0) is 19.8. The number of hydrogen-bond acceptors (Lipinski definition) is 5. The van der Waals surface area contributed by atoms with Gasteiger partial charge < -0.3 is 14.8 Å². The van der Waals surface area contributed by atoms with E-state index in [9.17, 15) is 14.9 Å². The molecule has 0 aromatic heterocycles. The smallest absolute Gasteiger partial charge is 0.343 e. The van der Waals surface area contributed by atoms with Crippen molar-refractivity contribution < 1.29 is 19.1 Å². The minimum Gasteiger partial charge on any atom is -0.479 e. The van der Waals surface area contributed by atoms with Gasteiger partial charge in [-0.1, -0.05) is 41.4 Å². The van der Waals surface area contributed by atoms with E-state index in [4.69, 9.17) is 27.9 Å². The van der Waals surface area contributed by atoms with E-state index in [-0.39, 0.29) is 28.0 Å². The maximum absolute atomic E-state index is 12.3. The van der Waals surface area contributed by atoms with Crippen LogP contribution >= 0.6 is 23.2 Å². The van der Waals surface area contributed by atoms with Gasteiger partial charge in [0.05, 0.1) is 17.2 Å². The number of amides is 1. The fraction of sp³-hybridized carbons (Fsp3) is 0.105. The van der Waals surface area contributed by atoms with Gasteiger partial charge in [-0.15, -0.1) is 0 Å². The minimum atomic E-state index is -0.588. The molecule has 0 saturated heterocycles. The van der Waals surface area contributed by atoms with Gasteiger partial charge in [0.15, 0.2) is 12.4 Å². The number of ether oxygens (including phenoxy) is 2. The summed E-state index contributed by atoms with van der Waals surface area (Å²) in [6.45, 7) is -0.353. The third kappa shape index (κ3) is 5.74. The molecule has 0 radical (unpaired) electrons. The van der Waals surface area contributed by atoms with Crippen LogP contribution in [0.15, 0.2) is 48.0 Å². The Kier molecular flexibility index (Phi) is 7.24. The van der Waals surface area contributed by atoms with Crippen LogP contribution in [0.2, 0.25) is 10.0 Å². The summed E-state index contributed by atoms with van der Waals surface area (Å²) in [5, 5.41) is 12.1. The number of methoxy groups -OCH3 is 1. The van der Waals surface area contributed by atoms with Crippen LogP contribution in [-0.2, 0) is 14.3 Å². The normalized spacial score (nSPS) is 10.7. The lowest BCUT2D eigenvalue weighted by molar-refractivity contribution is -0.142. The number of rotatable bonds is 6. The van der Waals surface area contributed by atoms with Crippen molar-refractivity contribution in [3.63, 3.8) is 0 Å². The summed E-state index contributed by atoms with van der Waals surface area (Å²) in [4.78, 5) is 23.4. The van der Waals surface area contributed by atoms with E-state index in [0.717, 1.165) is 0 Å². The second kappa shape index (κ2) is 9.62. The number of hydrogen-bond donors (Lipinski definition) is 1. The van der Waals surface area contributed by atoms with Gasteiger partial charge in [-0.25, -0.2) is 4.79 Å². The van der Waals surface area contributed by atoms with Gasteiger partial charge in [0, 0.05) is 5.69 Å². The van der Waals surface area contributed by atoms with Gasteiger partial charge in [0.25, 0.3) is 5.91 Å². The number of nitrogens with one attached hydrogen (secondary N) is 1. The Bertz CT molecular complexity index is 898. The standard InChI is InChI=1S/C19H14Cl2N2O4/c1-26-17(24)11-27-18-15(20)8-12(9-16(18)21)7-13(10-22)19(25)23-14-5-3-2-4-6-14/h2-9H,11H2,1H3,(H,23,25)/b13-7-. The second-order valence-corrected chi connectivity index (χ2v) is 5.98. The highest BCUT2D eigenvalue weighted by Crippen LogP contribution is 2.35. The summed E-state index contributed by atoms with van der Waals surface area (Å²) < 4.78 is 9.71. The van der Waals surface area contributed by atoms with E-state index in [0.29, 0.717) is 11.3 Å². The Labute approximate surface area is 165 Å². The van der Waals surface area contributed by atoms with E-state index in [1.807, 2.05) is 12.1 Å². The molecule has 1 amide bonds. The maximum Gasteiger partial charge on any atom is 0.343 e. The molecule has 8 heteroatoms. The Hall–Kier alpha value is -3.01. The first kappa shape index (κ1) is 20.3. The number of anilines is 1. The molecule has 0 atom stereocenters. The highest BCUT2D eigenvalue weighted by atomic mass is 35.5. The van der Waals surface area contributed by atoms with Crippen LogP contribution in [0.3, 0.4) is 0 Å².